The van der Waals surface area contributed by atoms with Gasteiger partial charge in [0.25, 0.3) is 10.0 Å². The quantitative estimate of drug-likeness (QED) is 0.688. The van der Waals surface area contributed by atoms with E-state index in [1.54, 1.807) is 29.2 Å². The number of amides is 1. The molecule has 0 bridgehead atoms. The molecular formula is C19H21ClN2O5S. The largest absolute Gasteiger partial charge is 0.465 e. The Morgan fingerprint density at radius 3 is 2.46 bits per heavy atom. The first-order valence-corrected chi connectivity index (χ1v) is 10.3. The molecule has 0 atom stereocenters. The zero-order valence-corrected chi connectivity index (χ0v) is 17.3. The standard InChI is InChI=1S/C19H21ClN2O5S/c1-4-22(13(2)23)12-15-7-5-6-8-17(15)21-28(25,26)18-11-14(19(24)27-3)9-10-16(18)20/h5-11,21H,4,12H2,1-3H3. The first kappa shape index (κ1) is 21.7. The first-order valence-electron chi connectivity index (χ1n) is 8.43. The summed E-state index contributed by atoms with van der Waals surface area (Å²) in [7, 11) is -2.88. The minimum absolute atomic E-state index is 0.0310. The zero-order chi connectivity index (χ0) is 20.9. The van der Waals surface area contributed by atoms with Crippen molar-refractivity contribution in [3.8, 4) is 0 Å². The second-order valence-corrected chi connectivity index (χ2v) is 7.99. The Kier molecular flexibility index (Phi) is 7.04. The number of rotatable bonds is 7. The van der Waals surface area contributed by atoms with Crippen LogP contribution >= 0.6 is 11.6 Å². The highest BCUT2D eigenvalue weighted by molar-refractivity contribution is 7.92. The molecule has 0 spiro atoms. The van der Waals surface area contributed by atoms with E-state index in [1.807, 2.05) is 6.92 Å². The summed E-state index contributed by atoms with van der Waals surface area (Å²) in [6, 6.07) is 10.6. The maximum Gasteiger partial charge on any atom is 0.337 e. The Balaban J connectivity index is 2.41. The predicted octanol–water partition coefficient (Wildman–Crippen LogP) is 3.30. The number of carbonyl (C=O) groups is 2. The molecule has 0 radical (unpaired) electrons. The van der Waals surface area contributed by atoms with Gasteiger partial charge in [0.1, 0.15) is 4.90 Å². The van der Waals surface area contributed by atoms with Crippen molar-refractivity contribution in [1.29, 1.82) is 0 Å². The zero-order valence-electron chi connectivity index (χ0n) is 15.7. The van der Waals surface area contributed by atoms with E-state index in [4.69, 9.17) is 11.6 Å². The number of hydrogen-bond acceptors (Lipinski definition) is 5. The van der Waals surface area contributed by atoms with Gasteiger partial charge in [-0.2, -0.15) is 0 Å². The summed E-state index contributed by atoms with van der Waals surface area (Å²) in [5.74, 6) is -0.789. The van der Waals surface area contributed by atoms with Crippen LogP contribution in [0.25, 0.3) is 0 Å². The monoisotopic (exact) mass is 424 g/mol. The summed E-state index contributed by atoms with van der Waals surface area (Å²) in [4.78, 5) is 24.8. The summed E-state index contributed by atoms with van der Waals surface area (Å²) in [5.41, 5.74) is 1.01. The van der Waals surface area contributed by atoms with Gasteiger partial charge in [-0.3, -0.25) is 9.52 Å². The Bertz CT molecular complexity index is 992. The van der Waals surface area contributed by atoms with Gasteiger partial charge in [0.05, 0.1) is 23.4 Å². The molecule has 0 heterocycles. The molecule has 0 saturated heterocycles. The summed E-state index contributed by atoms with van der Waals surface area (Å²) in [6.45, 7) is 4.03. The topological polar surface area (TPSA) is 92.8 Å². The summed E-state index contributed by atoms with van der Waals surface area (Å²) < 4.78 is 32.9. The van der Waals surface area contributed by atoms with E-state index in [0.717, 1.165) is 6.07 Å². The number of carbonyl (C=O) groups excluding carboxylic acids is 2. The Labute approximate surface area is 169 Å². The average molecular weight is 425 g/mol. The van der Waals surface area contributed by atoms with E-state index >= 15 is 0 Å². The van der Waals surface area contributed by atoms with Crippen molar-refractivity contribution in [1.82, 2.24) is 4.90 Å². The molecule has 1 amide bonds. The van der Waals surface area contributed by atoms with Gasteiger partial charge in [-0.15, -0.1) is 0 Å². The van der Waals surface area contributed by atoms with Gasteiger partial charge in [-0.1, -0.05) is 29.8 Å². The van der Waals surface area contributed by atoms with Crippen molar-refractivity contribution in [3.63, 3.8) is 0 Å². The van der Waals surface area contributed by atoms with Crippen molar-refractivity contribution >= 4 is 39.2 Å². The van der Waals surface area contributed by atoms with Crippen molar-refractivity contribution in [3.05, 3.63) is 58.6 Å². The van der Waals surface area contributed by atoms with Crippen LogP contribution < -0.4 is 4.72 Å². The van der Waals surface area contributed by atoms with E-state index in [-0.39, 0.29) is 27.9 Å². The highest BCUT2D eigenvalue weighted by Gasteiger charge is 2.22. The average Bonchev–Trinajstić information content (AvgIpc) is 2.66. The van der Waals surface area contributed by atoms with Crippen LogP contribution in [0.1, 0.15) is 29.8 Å². The number of sulfonamides is 1. The number of hydrogen-bond donors (Lipinski definition) is 1. The van der Waals surface area contributed by atoms with Gasteiger partial charge in [-0.25, -0.2) is 13.2 Å². The molecule has 9 heteroatoms. The Morgan fingerprint density at radius 1 is 1.18 bits per heavy atom. The number of halogens is 1. The van der Waals surface area contributed by atoms with Crippen LogP contribution in [0.15, 0.2) is 47.4 Å². The van der Waals surface area contributed by atoms with Gasteiger partial charge in [0.15, 0.2) is 0 Å². The fraction of sp³-hybridized carbons (Fsp3) is 0.263. The molecule has 0 unspecified atom stereocenters. The molecule has 150 valence electrons. The molecule has 0 fully saturated rings. The number of esters is 1. The number of anilines is 1. The second kappa shape index (κ2) is 9.07. The molecule has 0 aromatic heterocycles. The number of nitrogens with zero attached hydrogens (tertiary/aromatic N) is 1. The van der Waals surface area contributed by atoms with Crippen molar-refractivity contribution < 1.29 is 22.7 Å². The van der Waals surface area contributed by atoms with Crippen LogP contribution in [-0.2, 0) is 26.1 Å². The molecule has 2 rings (SSSR count). The lowest BCUT2D eigenvalue weighted by atomic mass is 10.1. The fourth-order valence-corrected chi connectivity index (χ4v) is 4.19. The molecule has 0 saturated carbocycles. The molecule has 0 aliphatic rings. The molecule has 0 aliphatic heterocycles. The number of nitrogens with one attached hydrogen (secondary N) is 1. The molecular weight excluding hydrogens is 404 g/mol. The highest BCUT2D eigenvalue weighted by atomic mass is 35.5. The molecule has 2 aromatic rings. The van der Waals surface area contributed by atoms with Gasteiger partial charge in [0.2, 0.25) is 5.91 Å². The third-order valence-corrected chi connectivity index (χ3v) is 5.94. The van der Waals surface area contributed by atoms with E-state index in [9.17, 15) is 18.0 Å². The van der Waals surface area contributed by atoms with Crippen molar-refractivity contribution in [2.45, 2.75) is 25.3 Å². The van der Waals surface area contributed by atoms with E-state index in [1.165, 1.54) is 26.2 Å². The smallest absolute Gasteiger partial charge is 0.337 e. The van der Waals surface area contributed by atoms with Gasteiger partial charge >= 0.3 is 5.97 Å². The minimum Gasteiger partial charge on any atom is -0.465 e. The van der Waals surface area contributed by atoms with Gasteiger partial charge in [-0.05, 0) is 36.8 Å². The van der Waals surface area contributed by atoms with E-state index in [2.05, 4.69) is 9.46 Å². The van der Waals surface area contributed by atoms with Crippen LogP contribution in [0, 0.1) is 0 Å². The maximum absolute atomic E-state index is 12.9. The summed E-state index contributed by atoms with van der Waals surface area (Å²) in [6.07, 6.45) is 0. The lowest BCUT2D eigenvalue weighted by Crippen LogP contribution is -2.28. The molecule has 28 heavy (non-hydrogen) atoms. The number of para-hydroxylation sites is 1. The lowest BCUT2D eigenvalue weighted by Gasteiger charge is -2.21. The molecule has 7 nitrogen and oxygen atoms in total. The second-order valence-electron chi connectivity index (χ2n) is 5.93. The van der Waals surface area contributed by atoms with Gasteiger partial charge in [0, 0.05) is 20.0 Å². The number of benzene rings is 2. The first-order chi connectivity index (χ1) is 13.2. The molecule has 1 N–H and O–H groups in total. The SMILES string of the molecule is CCN(Cc1ccccc1NS(=O)(=O)c1cc(C(=O)OC)ccc1Cl)C(C)=O. The normalized spacial score (nSPS) is 11.0. The Hall–Kier alpha value is -2.58. The molecule has 2 aromatic carbocycles. The third-order valence-electron chi connectivity index (χ3n) is 4.09. The summed E-state index contributed by atoms with van der Waals surface area (Å²) in [5, 5.41) is -0.0310. The third kappa shape index (κ3) is 5.02. The van der Waals surface area contributed by atoms with Gasteiger partial charge < -0.3 is 9.64 Å². The van der Waals surface area contributed by atoms with Crippen LogP contribution in [0.2, 0.25) is 5.02 Å². The predicted molar refractivity (Wildman–Crippen MR) is 107 cm³/mol. The molecule has 0 aliphatic carbocycles. The van der Waals surface area contributed by atoms with Crippen LogP contribution in [0.5, 0.6) is 0 Å². The fourth-order valence-electron chi connectivity index (χ4n) is 2.56. The number of ether oxygens (including phenoxy) is 1. The van der Waals surface area contributed by atoms with Crippen LogP contribution in [0.3, 0.4) is 0 Å². The Morgan fingerprint density at radius 2 is 1.86 bits per heavy atom. The van der Waals surface area contributed by atoms with Crippen molar-refractivity contribution in [2.24, 2.45) is 0 Å². The highest BCUT2D eigenvalue weighted by Crippen LogP contribution is 2.27. The van der Waals surface area contributed by atoms with E-state index in [0.29, 0.717) is 17.8 Å². The van der Waals surface area contributed by atoms with E-state index < -0.39 is 16.0 Å². The lowest BCUT2D eigenvalue weighted by molar-refractivity contribution is -0.129. The summed E-state index contributed by atoms with van der Waals surface area (Å²) >= 11 is 6.06. The maximum atomic E-state index is 12.9. The van der Waals surface area contributed by atoms with Crippen LogP contribution in [-0.4, -0.2) is 38.8 Å². The number of methoxy groups -OCH3 is 1. The minimum atomic E-state index is -4.09. The van der Waals surface area contributed by atoms with Crippen LogP contribution in [0.4, 0.5) is 5.69 Å². The van der Waals surface area contributed by atoms with Crippen molar-refractivity contribution in [2.75, 3.05) is 18.4 Å².